The number of alkyl halides is 3. The first-order chi connectivity index (χ1) is 14.6. The summed E-state index contributed by atoms with van der Waals surface area (Å²) in [6.45, 7) is 0.254. The van der Waals surface area contributed by atoms with Crippen molar-refractivity contribution in [3.63, 3.8) is 0 Å². The molecule has 6 nitrogen and oxygen atoms in total. The Hall–Kier alpha value is -2.81. The lowest BCUT2D eigenvalue weighted by Gasteiger charge is -2.15. The summed E-state index contributed by atoms with van der Waals surface area (Å²) >= 11 is 0. The Morgan fingerprint density at radius 2 is 2.13 bits per heavy atom. The van der Waals surface area contributed by atoms with E-state index in [4.69, 9.17) is 4.74 Å². The number of nitrogens with one attached hydrogen (secondary N) is 2. The molecule has 0 bridgehead atoms. The molecule has 0 aromatic carbocycles. The highest BCUT2D eigenvalue weighted by molar-refractivity contribution is 5.64. The van der Waals surface area contributed by atoms with Crippen molar-refractivity contribution in [3.05, 3.63) is 42.2 Å². The van der Waals surface area contributed by atoms with Gasteiger partial charge in [-0.1, -0.05) is 6.07 Å². The maximum Gasteiger partial charge on any atom is 0.272 e. The van der Waals surface area contributed by atoms with E-state index in [1.54, 1.807) is 12.3 Å². The van der Waals surface area contributed by atoms with Crippen molar-refractivity contribution in [2.24, 2.45) is 0 Å². The predicted octanol–water partition coefficient (Wildman–Crippen LogP) is 3.64. The molecule has 3 aromatic rings. The van der Waals surface area contributed by atoms with Gasteiger partial charge in [-0.2, -0.15) is 0 Å². The molecule has 0 radical (unpaired) electrons. The summed E-state index contributed by atoms with van der Waals surface area (Å²) in [7, 11) is 0. The molecule has 4 heterocycles. The lowest BCUT2D eigenvalue weighted by molar-refractivity contribution is 0.0814. The highest BCUT2D eigenvalue weighted by Gasteiger charge is 2.29. The Kier molecular flexibility index (Phi) is 4.98. The molecule has 158 valence electrons. The van der Waals surface area contributed by atoms with Crippen molar-refractivity contribution in [2.75, 3.05) is 25.0 Å². The highest BCUT2D eigenvalue weighted by Crippen LogP contribution is 2.45. The standard InChI is InChI=1S/C21H22F3N5O/c22-14-7-25-8-16(14)28-20-3-1-2-15(27-20)17-9-26-21-6-18(30-11-19(23)24)13(10-29(17)21)12-4-5-12/h1-3,6,9-10,12,14,16,19,25H,4-5,7-8,11H2,(H,27,28)/t14-,16-/m0/s1. The van der Waals surface area contributed by atoms with Crippen LogP contribution in [0.4, 0.5) is 19.0 Å². The van der Waals surface area contributed by atoms with Gasteiger partial charge in [0.25, 0.3) is 6.43 Å². The fourth-order valence-corrected chi connectivity index (χ4v) is 3.83. The number of anilines is 1. The lowest BCUT2D eigenvalue weighted by Crippen LogP contribution is -2.29. The van der Waals surface area contributed by atoms with Crippen LogP contribution in [0.5, 0.6) is 5.75 Å². The molecule has 2 aliphatic rings. The Bertz CT molecular complexity index is 1050. The van der Waals surface area contributed by atoms with Gasteiger partial charge in [-0.3, -0.25) is 4.40 Å². The quantitative estimate of drug-likeness (QED) is 0.615. The third-order valence-corrected chi connectivity index (χ3v) is 5.51. The SMILES string of the molecule is FC(F)COc1cc2ncc(-c3cccc(N[C@H]4CNC[C@@H]4F)n3)n2cc1C1CC1. The summed E-state index contributed by atoms with van der Waals surface area (Å²) < 4.78 is 46.4. The van der Waals surface area contributed by atoms with Crippen molar-refractivity contribution in [1.29, 1.82) is 0 Å². The second-order valence-corrected chi connectivity index (χ2v) is 7.77. The van der Waals surface area contributed by atoms with Gasteiger partial charge < -0.3 is 15.4 Å². The number of hydrogen-bond acceptors (Lipinski definition) is 5. The van der Waals surface area contributed by atoms with Crippen LogP contribution in [-0.4, -0.2) is 52.7 Å². The first-order valence-corrected chi connectivity index (χ1v) is 10.1. The molecule has 0 amide bonds. The maximum absolute atomic E-state index is 13.9. The fraction of sp³-hybridized carbons (Fsp3) is 0.429. The van der Waals surface area contributed by atoms with Gasteiger partial charge in [-0.05, 0) is 30.9 Å². The van der Waals surface area contributed by atoms with Crippen molar-refractivity contribution < 1.29 is 17.9 Å². The molecule has 2 fully saturated rings. The average molecular weight is 417 g/mol. The predicted molar refractivity (Wildman–Crippen MR) is 107 cm³/mol. The summed E-state index contributed by atoms with van der Waals surface area (Å²) in [5.74, 6) is 1.38. The van der Waals surface area contributed by atoms with Crippen LogP contribution in [0, 0.1) is 0 Å². The largest absolute Gasteiger partial charge is 0.487 e. The van der Waals surface area contributed by atoms with E-state index < -0.39 is 19.2 Å². The van der Waals surface area contributed by atoms with Crippen molar-refractivity contribution in [3.8, 4) is 17.1 Å². The molecule has 1 saturated carbocycles. The summed E-state index contributed by atoms with van der Waals surface area (Å²) in [6, 6.07) is 6.93. The molecule has 2 N–H and O–H groups in total. The van der Waals surface area contributed by atoms with Crippen LogP contribution in [0.2, 0.25) is 0 Å². The zero-order valence-electron chi connectivity index (χ0n) is 16.2. The Morgan fingerprint density at radius 1 is 1.27 bits per heavy atom. The second-order valence-electron chi connectivity index (χ2n) is 7.77. The van der Waals surface area contributed by atoms with E-state index in [0.717, 1.165) is 24.1 Å². The normalized spacial score (nSPS) is 21.5. The van der Waals surface area contributed by atoms with Crippen LogP contribution < -0.4 is 15.4 Å². The number of fused-ring (bicyclic) bond motifs is 1. The number of ether oxygens (including phenoxy) is 1. The average Bonchev–Trinajstić information content (AvgIpc) is 3.38. The Labute approximate surface area is 171 Å². The topological polar surface area (TPSA) is 63.5 Å². The van der Waals surface area contributed by atoms with Crippen LogP contribution in [0.3, 0.4) is 0 Å². The molecule has 0 spiro atoms. The zero-order valence-corrected chi connectivity index (χ0v) is 16.2. The maximum atomic E-state index is 13.9. The third kappa shape index (κ3) is 3.81. The van der Waals surface area contributed by atoms with E-state index in [1.807, 2.05) is 28.8 Å². The van der Waals surface area contributed by atoms with E-state index in [9.17, 15) is 13.2 Å². The molecular weight excluding hydrogens is 395 g/mol. The number of hydrogen-bond donors (Lipinski definition) is 2. The van der Waals surface area contributed by atoms with Gasteiger partial charge in [0.1, 0.15) is 30.0 Å². The number of aromatic nitrogens is 3. The summed E-state index contributed by atoms with van der Waals surface area (Å²) in [5, 5.41) is 6.16. The van der Waals surface area contributed by atoms with Crippen LogP contribution in [0.25, 0.3) is 17.0 Å². The minimum Gasteiger partial charge on any atom is -0.487 e. The third-order valence-electron chi connectivity index (χ3n) is 5.51. The van der Waals surface area contributed by atoms with Crippen LogP contribution in [0.15, 0.2) is 36.7 Å². The zero-order chi connectivity index (χ0) is 20.7. The monoisotopic (exact) mass is 417 g/mol. The lowest BCUT2D eigenvalue weighted by atomic mass is 10.1. The van der Waals surface area contributed by atoms with E-state index >= 15 is 0 Å². The van der Waals surface area contributed by atoms with Crippen molar-refractivity contribution >= 4 is 11.5 Å². The number of rotatable bonds is 7. The van der Waals surface area contributed by atoms with Crippen molar-refractivity contribution in [1.82, 2.24) is 19.7 Å². The minimum absolute atomic E-state index is 0.314. The van der Waals surface area contributed by atoms with Crippen LogP contribution in [-0.2, 0) is 0 Å². The minimum atomic E-state index is -2.53. The number of nitrogens with zero attached hydrogens (tertiary/aromatic N) is 3. The van der Waals surface area contributed by atoms with Gasteiger partial charge in [-0.25, -0.2) is 23.1 Å². The smallest absolute Gasteiger partial charge is 0.272 e. The van der Waals surface area contributed by atoms with Gasteiger partial charge in [0.05, 0.1) is 23.6 Å². The fourth-order valence-electron chi connectivity index (χ4n) is 3.83. The van der Waals surface area contributed by atoms with Crippen molar-refractivity contribution in [2.45, 2.75) is 37.4 Å². The van der Waals surface area contributed by atoms with E-state index in [2.05, 4.69) is 20.6 Å². The molecule has 30 heavy (non-hydrogen) atoms. The molecule has 0 unspecified atom stereocenters. The number of imidazole rings is 1. The van der Waals surface area contributed by atoms with Gasteiger partial charge in [0.15, 0.2) is 0 Å². The van der Waals surface area contributed by atoms with E-state index in [-0.39, 0.29) is 6.04 Å². The first-order valence-electron chi connectivity index (χ1n) is 10.1. The van der Waals surface area contributed by atoms with Gasteiger partial charge in [0.2, 0.25) is 0 Å². The molecule has 5 rings (SSSR count). The molecular formula is C21H22F3N5O. The van der Waals surface area contributed by atoms with E-state index in [1.165, 1.54) is 0 Å². The van der Waals surface area contributed by atoms with Gasteiger partial charge in [-0.15, -0.1) is 0 Å². The summed E-state index contributed by atoms with van der Waals surface area (Å²) in [4.78, 5) is 9.05. The second kappa shape index (κ2) is 7.79. The number of pyridine rings is 2. The Balaban J connectivity index is 1.47. The molecule has 2 atom stereocenters. The highest BCUT2D eigenvalue weighted by atomic mass is 19.3. The van der Waals surface area contributed by atoms with Gasteiger partial charge in [0, 0.05) is 30.9 Å². The molecule has 1 aliphatic carbocycles. The molecule has 1 saturated heterocycles. The molecule has 9 heteroatoms. The van der Waals surface area contributed by atoms with Crippen LogP contribution >= 0.6 is 0 Å². The molecule has 1 aliphatic heterocycles. The Morgan fingerprint density at radius 3 is 2.87 bits per heavy atom. The number of halogens is 3. The summed E-state index contributed by atoms with van der Waals surface area (Å²) in [6.07, 6.45) is 2.15. The van der Waals surface area contributed by atoms with E-state index in [0.29, 0.717) is 41.9 Å². The first kappa shape index (κ1) is 19.2. The van der Waals surface area contributed by atoms with Crippen LogP contribution in [0.1, 0.15) is 24.3 Å². The summed E-state index contributed by atoms with van der Waals surface area (Å²) in [5.41, 5.74) is 2.98. The molecule has 3 aromatic heterocycles. The van der Waals surface area contributed by atoms with Gasteiger partial charge >= 0.3 is 0 Å².